The van der Waals surface area contributed by atoms with E-state index >= 15 is 0 Å². The van der Waals surface area contributed by atoms with Crippen molar-refractivity contribution >= 4 is 17.4 Å². The number of ketones is 1. The number of Topliss-reactive ketones (excluding diaryl/α,β-unsaturated/α-hetero) is 1. The molecule has 1 aromatic carbocycles. The Kier molecular flexibility index (Phi) is 5.38. The van der Waals surface area contributed by atoms with Crippen LogP contribution in [-0.4, -0.2) is 5.78 Å². The second-order valence-corrected chi connectivity index (χ2v) is 5.86. The second kappa shape index (κ2) is 7.04. The molecule has 0 atom stereocenters. The van der Waals surface area contributed by atoms with Crippen LogP contribution in [0.2, 0.25) is 5.02 Å². The molecular formula is C16H20ClFO. The summed E-state index contributed by atoms with van der Waals surface area (Å²) in [4.78, 5) is 12.3. The predicted molar refractivity (Wildman–Crippen MR) is 75.9 cm³/mol. The van der Waals surface area contributed by atoms with Crippen LogP contribution in [0.15, 0.2) is 18.2 Å². The van der Waals surface area contributed by atoms with E-state index in [0.717, 1.165) is 25.7 Å². The summed E-state index contributed by atoms with van der Waals surface area (Å²) in [6.45, 7) is 0. The van der Waals surface area contributed by atoms with Gasteiger partial charge in [-0.15, -0.1) is 0 Å². The highest BCUT2D eigenvalue weighted by atomic mass is 35.5. The van der Waals surface area contributed by atoms with Crippen LogP contribution in [0.4, 0.5) is 4.39 Å². The Labute approximate surface area is 119 Å². The van der Waals surface area contributed by atoms with Gasteiger partial charge in [0.15, 0.2) is 0 Å². The van der Waals surface area contributed by atoms with E-state index in [0.29, 0.717) is 10.6 Å². The third kappa shape index (κ3) is 4.31. The number of hydrogen-bond donors (Lipinski definition) is 0. The minimum absolute atomic E-state index is 0.121. The Hall–Kier alpha value is -0.890. The van der Waals surface area contributed by atoms with Crippen molar-refractivity contribution in [1.82, 2.24) is 0 Å². The van der Waals surface area contributed by atoms with Crippen LogP contribution in [0.25, 0.3) is 0 Å². The number of hydrogen-bond acceptors (Lipinski definition) is 1. The van der Waals surface area contributed by atoms with Gasteiger partial charge in [0.25, 0.3) is 0 Å². The van der Waals surface area contributed by atoms with Gasteiger partial charge in [0.05, 0.1) is 0 Å². The summed E-state index contributed by atoms with van der Waals surface area (Å²) in [5.74, 6) is -0.0646. The lowest BCUT2D eigenvalue weighted by Gasteiger charge is -2.18. The summed E-state index contributed by atoms with van der Waals surface area (Å²) in [5.41, 5.74) is 0.469. The van der Waals surface area contributed by atoms with Crippen LogP contribution in [0.3, 0.4) is 0 Å². The maximum Gasteiger partial charge on any atom is 0.140 e. The highest BCUT2D eigenvalue weighted by Crippen LogP contribution is 2.25. The maximum atomic E-state index is 13.7. The van der Waals surface area contributed by atoms with Crippen molar-refractivity contribution in [2.24, 2.45) is 5.92 Å². The topological polar surface area (TPSA) is 17.1 Å². The Bertz CT molecular complexity index is 436. The van der Waals surface area contributed by atoms with Gasteiger partial charge in [-0.1, -0.05) is 49.8 Å². The molecule has 0 heterocycles. The lowest BCUT2D eigenvalue weighted by Crippen LogP contribution is -2.18. The van der Waals surface area contributed by atoms with Crippen LogP contribution in [0.1, 0.15) is 50.5 Å². The molecule has 0 aromatic heterocycles. The normalized spacial score (nSPS) is 17.8. The summed E-state index contributed by atoms with van der Waals surface area (Å²) < 4.78 is 13.7. The van der Waals surface area contributed by atoms with E-state index in [1.54, 1.807) is 12.1 Å². The molecule has 2 rings (SSSR count). The van der Waals surface area contributed by atoms with Crippen molar-refractivity contribution in [2.75, 3.05) is 0 Å². The molecule has 1 aliphatic rings. The van der Waals surface area contributed by atoms with Crippen molar-refractivity contribution in [2.45, 2.75) is 51.4 Å². The van der Waals surface area contributed by atoms with E-state index in [9.17, 15) is 9.18 Å². The number of carbonyl (C=O) groups excluding carboxylic acids is 1. The summed E-state index contributed by atoms with van der Waals surface area (Å²) >= 11 is 5.72. The van der Waals surface area contributed by atoms with Crippen LogP contribution in [0, 0.1) is 11.7 Å². The molecule has 1 fully saturated rings. The number of rotatable bonds is 3. The van der Waals surface area contributed by atoms with Crippen molar-refractivity contribution in [3.63, 3.8) is 0 Å². The number of carbonyl (C=O) groups is 1. The first-order valence-electron chi connectivity index (χ1n) is 7.13. The first-order chi connectivity index (χ1) is 9.16. The van der Waals surface area contributed by atoms with Crippen LogP contribution >= 0.6 is 11.6 Å². The molecule has 0 bridgehead atoms. The summed E-state index contributed by atoms with van der Waals surface area (Å²) in [6, 6.07) is 4.55. The van der Waals surface area contributed by atoms with Gasteiger partial charge in [0.2, 0.25) is 0 Å². The van der Waals surface area contributed by atoms with E-state index in [1.807, 2.05) is 0 Å². The number of halogens is 2. The molecule has 0 spiro atoms. The van der Waals surface area contributed by atoms with E-state index in [1.165, 1.54) is 25.3 Å². The monoisotopic (exact) mass is 282 g/mol. The number of benzene rings is 1. The average molecular weight is 283 g/mol. The second-order valence-electron chi connectivity index (χ2n) is 5.42. The van der Waals surface area contributed by atoms with Gasteiger partial charge in [-0.3, -0.25) is 4.79 Å². The SMILES string of the molecule is O=C(Cc1ccc(Cl)cc1F)C1CCCCCCC1. The van der Waals surface area contributed by atoms with E-state index < -0.39 is 0 Å². The highest BCUT2D eigenvalue weighted by Gasteiger charge is 2.20. The molecule has 0 radical (unpaired) electrons. The maximum absolute atomic E-state index is 13.7. The van der Waals surface area contributed by atoms with Gasteiger partial charge >= 0.3 is 0 Å². The van der Waals surface area contributed by atoms with Crippen molar-refractivity contribution in [3.05, 3.63) is 34.6 Å². The zero-order valence-corrected chi connectivity index (χ0v) is 11.9. The Balaban J connectivity index is 1.98. The van der Waals surface area contributed by atoms with Crippen LogP contribution < -0.4 is 0 Å². The van der Waals surface area contributed by atoms with Crippen molar-refractivity contribution in [1.29, 1.82) is 0 Å². The average Bonchev–Trinajstić information content (AvgIpc) is 2.32. The van der Waals surface area contributed by atoms with Crippen LogP contribution in [0.5, 0.6) is 0 Å². The van der Waals surface area contributed by atoms with Gasteiger partial charge in [-0.25, -0.2) is 4.39 Å². The molecule has 0 unspecified atom stereocenters. The molecule has 1 saturated carbocycles. The van der Waals surface area contributed by atoms with Gasteiger partial charge in [-0.2, -0.15) is 0 Å². The smallest absolute Gasteiger partial charge is 0.140 e. The fourth-order valence-electron chi connectivity index (χ4n) is 2.78. The third-order valence-corrected chi connectivity index (χ3v) is 4.18. The zero-order chi connectivity index (χ0) is 13.7. The minimum Gasteiger partial charge on any atom is -0.299 e. The molecule has 1 aliphatic carbocycles. The largest absolute Gasteiger partial charge is 0.299 e. The molecule has 19 heavy (non-hydrogen) atoms. The van der Waals surface area contributed by atoms with E-state index in [2.05, 4.69) is 0 Å². The molecule has 1 aromatic rings. The van der Waals surface area contributed by atoms with Gasteiger partial charge in [0, 0.05) is 17.4 Å². The molecule has 0 aliphatic heterocycles. The zero-order valence-electron chi connectivity index (χ0n) is 11.1. The molecule has 0 N–H and O–H groups in total. The van der Waals surface area contributed by atoms with Crippen molar-refractivity contribution < 1.29 is 9.18 Å². The van der Waals surface area contributed by atoms with Gasteiger partial charge in [-0.05, 0) is 30.5 Å². The van der Waals surface area contributed by atoms with Gasteiger partial charge in [0.1, 0.15) is 11.6 Å². The fourth-order valence-corrected chi connectivity index (χ4v) is 2.93. The Morgan fingerprint density at radius 3 is 2.42 bits per heavy atom. The standard InChI is InChI=1S/C16H20ClFO/c17-14-9-8-13(15(18)11-14)10-16(19)12-6-4-2-1-3-5-7-12/h8-9,11-12H,1-7,10H2. The third-order valence-electron chi connectivity index (χ3n) is 3.94. The van der Waals surface area contributed by atoms with Gasteiger partial charge < -0.3 is 0 Å². The van der Waals surface area contributed by atoms with Crippen molar-refractivity contribution in [3.8, 4) is 0 Å². The highest BCUT2D eigenvalue weighted by molar-refractivity contribution is 6.30. The molecule has 104 valence electrons. The lowest BCUT2D eigenvalue weighted by atomic mass is 9.86. The van der Waals surface area contributed by atoms with Crippen LogP contribution in [-0.2, 0) is 11.2 Å². The summed E-state index contributed by atoms with van der Waals surface area (Å²) in [6.07, 6.45) is 8.11. The van der Waals surface area contributed by atoms with E-state index in [4.69, 9.17) is 11.6 Å². The molecule has 1 nitrogen and oxygen atoms in total. The predicted octanol–water partition coefficient (Wildman–Crippen LogP) is 4.95. The summed E-state index contributed by atoms with van der Waals surface area (Å²) in [7, 11) is 0. The summed E-state index contributed by atoms with van der Waals surface area (Å²) in [5, 5.41) is 0.375. The molecule has 0 saturated heterocycles. The fraction of sp³-hybridized carbons (Fsp3) is 0.562. The molecule has 0 amide bonds. The lowest BCUT2D eigenvalue weighted by molar-refractivity contribution is -0.122. The Morgan fingerprint density at radius 2 is 1.79 bits per heavy atom. The Morgan fingerprint density at radius 1 is 1.16 bits per heavy atom. The first kappa shape index (κ1) is 14.5. The molecular weight excluding hydrogens is 263 g/mol. The first-order valence-corrected chi connectivity index (χ1v) is 7.51. The molecule has 3 heteroatoms. The van der Waals surface area contributed by atoms with E-state index in [-0.39, 0.29) is 23.9 Å². The quantitative estimate of drug-likeness (QED) is 0.766. The minimum atomic E-state index is -0.369.